The van der Waals surface area contributed by atoms with Gasteiger partial charge < -0.3 is 15.0 Å². The molecule has 4 heteroatoms. The molecule has 110 valence electrons. The predicted octanol–water partition coefficient (Wildman–Crippen LogP) is 3.27. The molecule has 0 rings (SSSR count). The lowest BCUT2D eigenvalue weighted by molar-refractivity contribution is 0.0769. The Bertz CT molecular complexity index is 200. The second-order valence-corrected chi connectivity index (χ2v) is 4.48. The Kier molecular flexibility index (Phi) is 12.3. The van der Waals surface area contributed by atoms with Gasteiger partial charge in [-0.3, -0.25) is 0 Å². The average molecular weight is 260 g/mol. The van der Waals surface area contributed by atoms with Crippen LogP contribution in [0.1, 0.15) is 53.4 Å². The molecule has 18 heavy (non-hydrogen) atoms. The summed E-state index contributed by atoms with van der Waals surface area (Å²) < 4.78 is 5.29. The van der Waals surface area contributed by atoms with Gasteiger partial charge in [0.15, 0.2) is 0 Å². The van der Waals surface area contributed by atoms with Crippen LogP contribution in [0.4, 0.5) is 4.79 Å². The molecule has 4 nitrogen and oxygen atoms in total. The summed E-state index contributed by atoms with van der Waals surface area (Å²) in [6, 6.07) is 0. The molecule has 0 saturated heterocycles. The molecule has 0 spiro atoms. The van der Waals surface area contributed by atoms with E-state index in [4.69, 9.17) is 4.74 Å². The maximum absolute atomic E-state index is 11.4. The molecule has 0 radical (unpaired) electrons. The average Bonchev–Trinajstić information content (AvgIpc) is 2.38. The summed E-state index contributed by atoms with van der Waals surface area (Å²) in [6.45, 7) is 8.74. The van der Waals surface area contributed by atoms with Crippen molar-refractivity contribution in [2.24, 2.45) is 0 Å². The van der Waals surface area contributed by atoms with Crippen LogP contribution < -0.4 is 5.32 Å². The number of hydrogen-bond donors (Lipinski definition) is 1. The first-order valence-electron chi connectivity index (χ1n) is 7.04. The van der Waals surface area contributed by atoms with Crippen LogP contribution in [-0.4, -0.2) is 44.3 Å². The van der Waals surface area contributed by atoms with Crippen molar-refractivity contribution in [3.63, 3.8) is 0 Å². The smallest absolute Gasteiger partial charge is 0.409 e. The molecular formula is C14H32N2O2. The van der Waals surface area contributed by atoms with Gasteiger partial charge in [0.1, 0.15) is 6.61 Å². The molecule has 0 heterocycles. The standard InChI is InChI=1S/C12H26N2O2.C2H6/c1-6-8-12(13-3,9-7-2)10-16-11(15)14(4)5;1-2/h13H,6-10H2,1-5H3;1-2H3. The molecule has 0 atom stereocenters. The Morgan fingerprint density at radius 1 is 1.17 bits per heavy atom. The maximum Gasteiger partial charge on any atom is 0.409 e. The Hall–Kier alpha value is -0.770. The molecule has 1 N–H and O–H groups in total. The molecular weight excluding hydrogens is 228 g/mol. The largest absolute Gasteiger partial charge is 0.447 e. The monoisotopic (exact) mass is 260 g/mol. The Labute approximate surface area is 113 Å². The Morgan fingerprint density at radius 3 is 1.89 bits per heavy atom. The highest BCUT2D eigenvalue weighted by Crippen LogP contribution is 2.20. The van der Waals surface area contributed by atoms with Crippen LogP contribution in [0.3, 0.4) is 0 Å². The van der Waals surface area contributed by atoms with Gasteiger partial charge in [-0.05, 0) is 19.9 Å². The first kappa shape index (κ1) is 19.6. The van der Waals surface area contributed by atoms with Crippen molar-refractivity contribution in [3.05, 3.63) is 0 Å². The molecule has 0 fully saturated rings. The normalized spacial score (nSPS) is 10.4. The fourth-order valence-corrected chi connectivity index (χ4v) is 1.88. The summed E-state index contributed by atoms with van der Waals surface area (Å²) in [4.78, 5) is 12.8. The van der Waals surface area contributed by atoms with E-state index >= 15 is 0 Å². The van der Waals surface area contributed by atoms with Gasteiger partial charge in [0, 0.05) is 14.1 Å². The lowest BCUT2D eigenvalue weighted by Gasteiger charge is -2.33. The zero-order valence-electron chi connectivity index (χ0n) is 13.3. The van der Waals surface area contributed by atoms with Gasteiger partial charge in [-0.1, -0.05) is 40.5 Å². The van der Waals surface area contributed by atoms with E-state index in [1.165, 1.54) is 4.90 Å². The van der Waals surface area contributed by atoms with Gasteiger partial charge in [-0.15, -0.1) is 0 Å². The molecule has 0 aliphatic carbocycles. The Balaban J connectivity index is 0. The third kappa shape index (κ3) is 7.54. The first-order valence-corrected chi connectivity index (χ1v) is 7.04. The third-order valence-corrected chi connectivity index (χ3v) is 2.82. The van der Waals surface area contributed by atoms with Gasteiger partial charge >= 0.3 is 6.09 Å². The number of carbonyl (C=O) groups excluding carboxylic acids is 1. The van der Waals surface area contributed by atoms with Crippen LogP contribution in [0.5, 0.6) is 0 Å². The number of carbonyl (C=O) groups is 1. The van der Waals surface area contributed by atoms with Crippen molar-refractivity contribution in [1.29, 1.82) is 0 Å². The predicted molar refractivity (Wildman–Crippen MR) is 78.0 cm³/mol. The lowest BCUT2D eigenvalue weighted by Crippen LogP contribution is -2.48. The lowest BCUT2D eigenvalue weighted by atomic mass is 9.90. The van der Waals surface area contributed by atoms with Crippen LogP contribution >= 0.6 is 0 Å². The van der Waals surface area contributed by atoms with E-state index < -0.39 is 0 Å². The molecule has 0 aliphatic heterocycles. The number of ether oxygens (including phenoxy) is 1. The minimum absolute atomic E-state index is 0.0603. The number of nitrogens with zero attached hydrogens (tertiary/aromatic N) is 1. The zero-order chi connectivity index (χ0) is 14.6. The van der Waals surface area contributed by atoms with Crippen molar-refractivity contribution >= 4 is 6.09 Å². The van der Waals surface area contributed by atoms with Crippen LogP contribution in [0, 0.1) is 0 Å². The highest BCUT2D eigenvalue weighted by Gasteiger charge is 2.28. The fraction of sp³-hybridized carbons (Fsp3) is 0.929. The maximum atomic E-state index is 11.4. The van der Waals surface area contributed by atoms with Gasteiger partial charge in [-0.25, -0.2) is 4.79 Å². The van der Waals surface area contributed by atoms with Crippen LogP contribution in [0.25, 0.3) is 0 Å². The third-order valence-electron chi connectivity index (χ3n) is 2.82. The number of likely N-dealkylation sites (N-methyl/N-ethyl adjacent to an activating group) is 1. The second kappa shape index (κ2) is 11.3. The van der Waals surface area contributed by atoms with E-state index in [0.29, 0.717) is 6.61 Å². The molecule has 0 aromatic carbocycles. The molecule has 0 saturated carbocycles. The van der Waals surface area contributed by atoms with Crippen LogP contribution in [-0.2, 0) is 4.74 Å². The van der Waals surface area contributed by atoms with Crippen molar-refractivity contribution < 1.29 is 9.53 Å². The highest BCUT2D eigenvalue weighted by molar-refractivity contribution is 5.66. The summed E-state index contributed by atoms with van der Waals surface area (Å²) in [5, 5.41) is 3.32. The van der Waals surface area contributed by atoms with Gasteiger partial charge in [-0.2, -0.15) is 0 Å². The van der Waals surface area contributed by atoms with Gasteiger partial charge in [0.05, 0.1) is 5.54 Å². The van der Waals surface area contributed by atoms with Crippen molar-refractivity contribution in [1.82, 2.24) is 10.2 Å². The van der Waals surface area contributed by atoms with Crippen molar-refractivity contribution in [2.75, 3.05) is 27.7 Å². The van der Waals surface area contributed by atoms with Crippen LogP contribution in [0.2, 0.25) is 0 Å². The SMILES string of the molecule is CC.CCCC(CCC)(COC(=O)N(C)C)NC. The van der Waals surface area contributed by atoms with E-state index in [9.17, 15) is 4.79 Å². The van der Waals surface area contributed by atoms with E-state index in [0.717, 1.165) is 25.7 Å². The highest BCUT2D eigenvalue weighted by atomic mass is 16.6. The summed E-state index contributed by atoms with van der Waals surface area (Å²) in [6.07, 6.45) is 3.95. The minimum Gasteiger partial charge on any atom is -0.447 e. The number of hydrogen-bond acceptors (Lipinski definition) is 3. The summed E-state index contributed by atoms with van der Waals surface area (Å²) >= 11 is 0. The van der Waals surface area contributed by atoms with Gasteiger partial charge in [0.25, 0.3) is 0 Å². The number of amides is 1. The topological polar surface area (TPSA) is 41.6 Å². The molecule has 0 aliphatic rings. The van der Waals surface area contributed by atoms with E-state index in [-0.39, 0.29) is 11.6 Å². The molecule has 0 bridgehead atoms. The van der Waals surface area contributed by atoms with Crippen molar-refractivity contribution in [2.45, 2.75) is 58.9 Å². The first-order chi connectivity index (χ1) is 8.51. The number of rotatable bonds is 7. The molecule has 0 unspecified atom stereocenters. The van der Waals surface area contributed by atoms with Crippen LogP contribution in [0.15, 0.2) is 0 Å². The minimum atomic E-state index is -0.271. The second-order valence-electron chi connectivity index (χ2n) is 4.48. The fourth-order valence-electron chi connectivity index (χ4n) is 1.88. The van der Waals surface area contributed by atoms with E-state index in [1.54, 1.807) is 14.1 Å². The van der Waals surface area contributed by atoms with Gasteiger partial charge in [0.2, 0.25) is 0 Å². The molecule has 0 aromatic rings. The zero-order valence-corrected chi connectivity index (χ0v) is 13.3. The van der Waals surface area contributed by atoms with Crippen molar-refractivity contribution in [3.8, 4) is 0 Å². The Morgan fingerprint density at radius 2 is 1.61 bits per heavy atom. The van der Waals surface area contributed by atoms with E-state index in [1.807, 2.05) is 20.9 Å². The summed E-state index contributed by atoms with van der Waals surface area (Å²) in [5.74, 6) is 0. The summed E-state index contributed by atoms with van der Waals surface area (Å²) in [7, 11) is 5.33. The summed E-state index contributed by atoms with van der Waals surface area (Å²) in [5.41, 5.74) is -0.0603. The number of nitrogens with one attached hydrogen (secondary N) is 1. The molecule has 0 aromatic heterocycles. The molecule has 1 amide bonds. The van der Waals surface area contributed by atoms with E-state index in [2.05, 4.69) is 19.2 Å². The quantitative estimate of drug-likeness (QED) is 0.764.